The molecular weight excluding hydrogens is 384 g/mol. The molecule has 2 aliphatic heterocycles. The lowest BCUT2D eigenvalue weighted by atomic mass is 9.82. The Hall–Kier alpha value is -3.18. The monoisotopic (exact) mass is 410 g/mol. The zero-order valence-electron chi connectivity index (χ0n) is 17.7. The van der Waals surface area contributed by atoms with Crippen molar-refractivity contribution in [2.45, 2.75) is 25.4 Å². The first-order valence-electron chi connectivity index (χ1n) is 11.1. The molecule has 0 aliphatic carbocycles. The molecule has 2 aliphatic rings. The lowest BCUT2D eigenvalue weighted by Crippen LogP contribution is -2.46. The number of fused-ring (bicyclic) bond motifs is 5. The molecule has 3 aromatic heterocycles. The molecule has 1 saturated heterocycles. The van der Waals surface area contributed by atoms with Crippen molar-refractivity contribution in [3.8, 4) is 11.1 Å². The fraction of sp³-hybridized carbons (Fsp3) is 0.308. The summed E-state index contributed by atoms with van der Waals surface area (Å²) in [5.41, 5.74) is 5.94. The molecule has 4 aromatic rings. The average molecular weight is 411 g/mol. The van der Waals surface area contributed by atoms with Gasteiger partial charge >= 0.3 is 0 Å². The van der Waals surface area contributed by atoms with Gasteiger partial charge in [0.15, 0.2) is 0 Å². The van der Waals surface area contributed by atoms with Gasteiger partial charge in [0.2, 0.25) is 0 Å². The van der Waals surface area contributed by atoms with E-state index in [2.05, 4.69) is 58.0 Å². The highest BCUT2D eigenvalue weighted by molar-refractivity contribution is 5.80. The van der Waals surface area contributed by atoms with Gasteiger partial charge in [0.1, 0.15) is 0 Å². The van der Waals surface area contributed by atoms with E-state index in [-0.39, 0.29) is 5.56 Å². The van der Waals surface area contributed by atoms with E-state index in [1.807, 2.05) is 22.9 Å². The van der Waals surface area contributed by atoms with Crippen LogP contribution < -0.4 is 5.56 Å². The topological polar surface area (TPSA) is 43.1 Å². The standard InChI is InChI=1S/C26H26N4O/c1-28-8-6-20-5-4-18(10-24(20)28)14-29-15-19-9-23(17-29)25-11-22(12-26(31)30(25)16-19)21-3-2-7-27-13-21/h2-8,10-13,19,23H,9,14-17H2,1H3/t19-,23+/m0/s1. The number of aryl methyl sites for hydroxylation is 1. The van der Waals surface area contributed by atoms with Crippen LogP contribution in [0.5, 0.6) is 0 Å². The van der Waals surface area contributed by atoms with Gasteiger partial charge in [-0.2, -0.15) is 0 Å². The smallest absolute Gasteiger partial charge is 0.251 e. The molecule has 0 amide bonds. The Kier molecular flexibility index (Phi) is 4.32. The van der Waals surface area contributed by atoms with Crippen molar-refractivity contribution in [3.05, 3.63) is 88.7 Å². The van der Waals surface area contributed by atoms with Crippen LogP contribution in [0.3, 0.4) is 0 Å². The minimum Gasteiger partial charge on any atom is -0.351 e. The third-order valence-electron chi connectivity index (χ3n) is 6.99. The van der Waals surface area contributed by atoms with Crippen LogP contribution in [-0.4, -0.2) is 32.1 Å². The van der Waals surface area contributed by atoms with Crippen LogP contribution in [0.4, 0.5) is 0 Å². The van der Waals surface area contributed by atoms with Gasteiger partial charge in [-0.15, -0.1) is 0 Å². The van der Waals surface area contributed by atoms with Gasteiger partial charge in [0.05, 0.1) is 0 Å². The third kappa shape index (κ3) is 3.29. The van der Waals surface area contributed by atoms with Crippen molar-refractivity contribution < 1.29 is 0 Å². The fourth-order valence-electron chi connectivity index (χ4n) is 5.55. The summed E-state index contributed by atoms with van der Waals surface area (Å²) in [6, 6.07) is 16.9. The first-order chi connectivity index (χ1) is 15.1. The van der Waals surface area contributed by atoms with Crippen LogP contribution in [0.25, 0.3) is 22.0 Å². The predicted molar refractivity (Wildman–Crippen MR) is 123 cm³/mol. The molecule has 0 spiro atoms. The highest BCUT2D eigenvalue weighted by Crippen LogP contribution is 2.37. The first-order valence-corrected chi connectivity index (χ1v) is 11.1. The van der Waals surface area contributed by atoms with Crippen LogP contribution in [0.1, 0.15) is 23.6 Å². The summed E-state index contributed by atoms with van der Waals surface area (Å²) in [5.74, 6) is 0.933. The number of rotatable bonds is 3. The van der Waals surface area contributed by atoms with Crippen LogP contribution in [-0.2, 0) is 20.1 Å². The molecule has 0 radical (unpaired) electrons. The molecule has 5 heterocycles. The van der Waals surface area contributed by atoms with E-state index in [1.54, 1.807) is 12.3 Å². The minimum absolute atomic E-state index is 0.119. The minimum atomic E-state index is 0.119. The molecule has 156 valence electrons. The number of piperidine rings is 1. The summed E-state index contributed by atoms with van der Waals surface area (Å²) in [4.78, 5) is 19.7. The molecule has 5 heteroatoms. The van der Waals surface area contributed by atoms with Crippen molar-refractivity contribution in [2.75, 3.05) is 13.1 Å². The van der Waals surface area contributed by atoms with Crippen molar-refractivity contribution >= 4 is 10.9 Å². The summed E-state index contributed by atoms with van der Waals surface area (Å²) >= 11 is 0. The highest BCUT2D eigenvalue weighted by Gasteiger charge is 2.34. The van der Waals surface area contributed by atoms with Crippen LogP contribution >= 0.6 is 0 Å². The van der Waals surface area contributed by atoms with E-state index in [4.69, 9.17) is 0 Å². The van der Waals surface area contributed by atoms with Crippen LogP contribution in [0.2, 0.25) is 0 Å². The van der Waals surface area contributed by atoms with E-state index in [1.165, 1.54) is 28.6 Å². The Labute approximate surface area is 181 Å². The molecule has 1 fully saturated rings. The molecule has 2 atom stereocenters. The fourth-order valence-corrected chi connectivity index (χ4v) is 5.55. The summed E-state index contributed by atoms with van der Waals surface area (Å²) in [6.45, 7) is 3.83. The Morgan fingerprint density at radius 1 is 1.03 bits per heavy atom. The molecule has 1 aromatic carbocycles. The third-order valence-corrected chi connectivity index (χ3v) is 6.99. The van der Waals surface area contributed by atoms with Gasteiger partial charge in [-0.3, -0.25) is 14.7 Å². The van der Waals surface area contributed by atoms with E-state index >= 15 is 0 Å². The predicted octanol–water partition coefficient (Wildman–Crippen LogP) is 4.02. The van der Waals surface area contributed by atoms with Crippen molar-refractivity contribution in [3.63, 3.8) is 0 Å². The first kappa shape index (κ1) is 18.6. The van der Waals surface area contributed by atoms with Gasteiger partial charge in [-0.1, -0.05) is 18.2 Å². The second kappa shape index (κ2) is 7.20. The van der Waals surface area contributed by atoms with E-state index in [9.17, 15) is 4.79 Å². The maximum absolute atomic E-state index is 12.9. The average Bonchev–Trinajstić information content (AvgIpc) is 3.15. The number of benzene rings is 1. The summed E-state index contributed by atoms with van der Waals surface area (Å²) in [5, 5.41) is 1.29. The van der Waals surface area contributed by atoms with Gasteiger partial charge in [0, 0.05) is 80.6 Å². The number of hydrogen-bond donors (Lipinski definition) is 0. The van der Waals surface area contributed by atoms with Gasteiger partial charge < -0.3 is 9.13 Å². The summed E-state index contributed by atoms with van der Waals surface area (Å²) < 4.78 is 4.21. The number of hydrogen-bond acceptors (Lipinski definition) is 3. The highest BCUT2D eigenvalue weighted by atomic mass is 16.1. The van der Waals surface area contributed by atoms with Crippen LogP contribution in [0, 0.1) is 5.92 Å². The maximum Gasteiger partial charge on any atom is 0.251 e. The second-order valence-electron chi connectivity index (χ2n) is 9.17. The molecule has 0 unspecified atom stereocenters. The Bertz CT molecular complexity index is 1320. The molecular formula is C26H26N4O. The molecule has 31 heavy (non-hydrogen) atoms. The van der Waals surface area contributed by atoms with Gasteiger partial charge in [-0.25, -0.2) is 0 Å². The Morgan fingerprint density at radius 2 is 1.97 bits per heavy atom. The number of nitrogens with zero attached hydrogens (tertiary/aromatic N) is 4. The quantitative estimate of drug-likeness (QED) is 0.512. The van der Waals surface area contributed by atoms with E-state index in [0.29, 0.717) is 11.8 Å². The molecule has 0 saturated carbocycles. The summed E-state index contributed by atoms with van der Waals surface area (Å²) in [6.07, 6.45) is 6.90. The summed E-state index contributed by atoms with van der Waals surface area (Å²) in [7, 11) is 2.10. The normalized spacial score (nSPS) is 20.7. The zero-order valence-corrected chi connectivity index (χ0v) is 17.7. The molecule has 2 bridgehead atoms. The lowest BCUT2D eigenvalue weighted by Gasteiger charge is -2.43. The van der Waals surface area contributed by atoms with Gasteiger partial charge in [-0.05, 0) is 53.1 Å². The lowest BCUT2D eigenvalue weighted by molar-refractivity contribution is 0.114. The number of aromatic nitrogens is 3. The van der Waals surface area contributed by atoms with E-state index in [0.717, 1.165) is 37.3 Å². The van der Waals surface area contributed by atoms with Crippen molar-refractivity contribution in [1.29, 1.82) is 0 Å². The second-order valence-corrected chi connectivity index (χ2v) is 9.17. The Balaban J connectivity index is 1.30. The van der Waals surface area contributed by atoms with Crippen molar-refractivity contribution in [1.82, 2.24) is 19.0 Å². The van der Waals surface area contributed by atoms with Crippen molar-refractivity contribution in [2.24, 2.45) is 13.0 Å². The largest absolute Gasteiger partial charge is 0.351 e. The molecule has 0 N–H and O–H groups in total. The molecule has 6 rings (SSSR count). The maximum atomic E-state index is 12.9. The van der Waals surface area contributed by atoms with Crippen LogP contribution in [0.15, 0.2) is 71.9 Å². The zero-order chi connectivity index (χ0) is 20.9. The Morgan fingerprint density at radius 3 is 2.84 bits per heavy atom. The van der Waals surface area contributed by atoms with E-state index < -0.39 is 0 Å². The number of likely N-dealkylation sites (tertiary alicyclic amines) is 1. The molecule has 5 nitrogen and oxygen atoms in total. The number of pyridine rings is 2. The SMILES string of the molecule is Cn1ccc2ccc(CN3C[C@@H]4C[C@H](C3)c3cc(-c5cccnc5)cc(=O)n3C4)cc21. The van der Waals surface area contributed by atoms with Gasteiger partial charge in [0.25, 0.3) is 5.56 Å².